The van der Waals surface area contributed by atoms with Gasteiger partial charge in [-0.1, -0.05) is 25.1 Å². The molecule has 2 aliphatic heterocycles. The summed E-state index contributed by atoms with van der Waals surface area (Å²) in [4.78, 5) is 41.7. The molecule has 1 atom stereocenters. The zero-order valence-electron chi connectivity index (χ0n) is 20.3. The lowest BCUT2D eigenvalue weighted by molar-refractivity contribution is -0.127. The number of aryl methyl sites for hydroxylation is 1. The summed E-state index contributed by atoms with van der Waals surface area (Å²) < 4.78 is 0. The van der Waals surface area contributed by atoms with Gasteiger partial charge in [0.2, 0.25) is 5.91 Å². The van der Waals surface area contributed by atoms with Gasteiger partial charge in [0.05, 0.1) is 4.91 Å². The fourth-order valence-electron chi connectivity index (χ4n) is 5.05. The molecule has 2 aromatic carbocycles. The maximum absolute atomic E-state index is 13.0. The SMILES string of the molecule is CCN1c2cc(C)c(/C=C3\SC(=O)N(CC(=O)Nc4ccccc4)C3=O)cc2[C@H](C)CC1(C)C. The molecular weight excluding hydrogens is 446 g/mol. The Morgan fingerprint density at radius 3 is 2.59 bits per heavy atom. The van der Waals surface area contributed by atoms with Crippen molar-refractivity contribution in [3.05, 3.63) is 64.1 Å². The number of anilines is 2. The molecule has 178 valence electrons. The van der Waals surface area contributed by atoms with Crippen LogP contribution in [-0.4, -0.2) is 40.6 Å². The molecule has 0 unspecified atom stereocenters. The monoisotopic (exact) mass is 477 g/mol. The molecule has 1 fully saturated rings. The number of para-hydroxylation sites is 1. The minimum absolute atomic E-state index is 0.0814. The topological polar surface area (TPSA) is 69.7 Å². The number of carbonyl (C=O) groups is 3. The van der Waals surface area contributed by atoms with E-state index in [1.54, 1.807) is 30.3 Å². The first-order valence-corrected chi connectivity index (χ1v) is 12.4. The van der Waals surface area contributed by atoms with Gasteiger partial charge in [-0.25, -0.2) is 0 Å². The maximum Gasteiger partial charge on any atom is 0.294 e. The van der Waals surface area contributed by atoms with Crippen LogP contribution in [0.25, 0.3) is 6.08 Å². The Labute approximate surface area is 205 Å². The number of imide groups is 1. The van der Waals surface area contributed by atoms with Gasteiger partial charge in [-0.15, -0.1) is 0 Å². The predicted molar refractivity (Wildman–Crippen MR) is 139 cm³/mol. The third-order valence-corrected chi connectivity index (χ3v) is 7.52. The summed E-state index contributed by atoms with van der Waals surface area (Å²) in [6, 6.07) is 13.3. The molecular formula is C27H31N3O3S. The zero-order chi connectivity index (χ0) is 24.6. The highest BCUT2D eigenvalue weighted by Gasteiger charge is 2.38. The molecule has 1 N–H and O–H groups in total. The van der Waals surface area contributed by atoms with E-state index in [1.807, 2.05) is 13.0 Å². The first-order valence-electron chi connectivity index (χ1n) is 11.6. The Morgan fingerprint density at radius 1 is 1.21 bits per heavy atom. The number of amides is 3. The molecule has 0 bridgehead atoms. The molecule has 0 aromatic heterocycles. The van der Waals surface area contributed by atoms with Crippen LogP contribution < -0.4 is 10.2 Å². The molecule has 6 nitrogen and oxygen atoms in total. The van der Waals surface area contributed by atoms with E-state index in [4.69, 9.17) is 0 Å². The third-order valence-electron chi connectivity index (χ3n) is 6.61. The van der Waals surface area contributed by atoms with E-state index in [1.165, 1.54) is 11.3 Å². The second-order valence-electron chi connectivity index (χ2n) is 9.61. The summed E-state index contributed by atoms with van der Waals surface area (Å²) in [6.07, 6.45) is 2.84. The van der Waals surface area contributed by atoms with Crippen molar-refractivity contribution in [2.24, 2.45) is 0 Å². The molecule has 4 rings (SSSR count). The van der Waals surface area contributed by atoms with Crippen molar-refractivity contribution in [2.75, 3.05) is 23.3 Å². The van der Waals surface area contributed by atoms with Gasteiger partial charge in [0.15, 0.2) is 0 Å². The lowest BCUT2D eigenvalue weighted by Crippen LogP contribution is -2.48. The lowest BCUT2D eigenvalue weighted by Gasteiger charge is -2.47. The van der Waals surface area contributed by atoms with Crippen LogP contribution in [0, 0.1) is 6.92 Å². The number of hydrogen-bond donors (Lipinski definition) is 1. The highest BCUT2D eigenvalue weighted by Crippen LogP contribution is 2.45. The molecule has 0 saturated carbocycles. The molecule has 2 aromatic rings. The van der Waals surface area contributed by atoms with Crippen LogP contribution in [0.4, 0.5) is 16.2 Å². The molecule has 0 spiro atoms. The highest BCUT2D eigenvalue weighted by molar-refractivity contribution is 8.18. The van der Waals surface area contributed by atoms with Gasteiger partial charge < -0.3 is 10.2 Å². The Morgan fingerprint density at radius 2 is 1.91 bits per heavy atom. The average Bonchev–Trinajstić information content (AvgIpc) is 3.02. The van der Waals surface area contributed by atoms with E-state index < -0.39 is 17.1 Å². The number of hydrogen-bond acceptors (Lipinski definition) is 5. The van der Waals surface area contributed by atoms with E-state index in [9.17, 15) is 14.4 Å². The molecule has 3 amide bonds. The van der Waals surface area contributed by atoms with Crippen molar-refractivity contribution < 1.29 is 14.4 Å². The molecule has 34 heavy (non-hydrogen) atoms. The van der Waals surface area contributed by atoms with Gasteiger partial charge in [0, 0.05) is 23.5 Å². The zero-order valence-corrected chi connectivity index (χ0v) is 21.2. The van der Waals surface area contributed by atoms with E-state index in [-0.39, 0.29) is 12.1 Å². The molecule has 2 heterocycles. The summed E-state index contributed by atoms with van der Waals surface area (Å²) in [6.45, 7) is 11.6. The number of thioether (sulfide) groups is 1. The number of benzene rings is 2. The summed E-state index contributed by atoms with van der Waals surface area (Å²) in [5.74, 6) is -0.451. The molecule has 0 radical (unpaired) electrons. The van der Waals surface area contributed by atoms with Crippen LogP contribution in [0.15, 0.2) is 47.4 Å². The van der Waals surface area contributed by atoms with Crippen molar-refractivity contribution in [3.8, 4) is 0 Å². The standard InChI is InChI=1S/C27H31N3O3S/c1-6-30-22-12-17(2)19(13-21(22)18(3)15-27(30,4)5)14-23-25(32)29(26(33)34-23)16-24(31)28-20-10-8-7-9-11-20/h7-14,18H,6,15-16H2,1-5H3,(H,28,31)/b23-14-/t18-/m1/s1. The largest absolute Gasteiger partial charge is 0.366 e. The number of fused-ring (bicyclic) bond motifs is 1. The second kappa shape index (κ2) is 9.29. The summed E-state index contributed by atoms with van der Waals surface area (Å²) in [5.41, 5.74) is 5.19. The molecule has 2 aliphatic rings. The molecule has 7 heteroatoms. The normalized spacial score (nSPS) is 20.6. The smallest absolute Gasteiger partial charge is 0.294 e. The van der Waals surface area contributed by atoms with E-state index >= 15 is 0 Å². The minimum Gasteiger partial charge on any atom is -0.366 e. The molecule has 0 aliphatic carbocycles. The van der Waals surface area contributed by atoms with Crippen molar-refractivity contribution in [2.45, 2.75) is 52.5 Å². The lowest BCUT2D eigenvalue weighted by atomic mass is 9.79. The molecule has 1 saturated heterocycles. The maximum atomic E-state index is 13.0. The Balaban J connectivity index is 1.57. The number of nitrogens with one attached hydrogen (secondary N) is 1. The fraction of sp³-hybridized carbons (Fsp3) is 0.370. The van der Waals surface area contributed by atoms with Crippen molar-refractivity contribution in [3.63, 3.8) is 0 Å². The number of nitrogens with zero attached hydrogens (tertiary/aromatic N) is 2. The first kappa shape index (κ1) is 24.1. The van der Waals surface area contributed by atoms with Crippen molar-refractivity contribution in [1.82, 2.24) is 4.90 Å². The van der Waals surface area contributed by atoms with Crippen LogP contribution in [0.2, 0.25) is 0 Å². The Hall–Kier alpha value is -3.06. The predicted octanol–water partition coefficient (Wildman–Crippen LogP) is 5.78. The van der Waals surface area contributed by atoms with Gasteiger partial charge in [-0.2, -0.15) is 0 Å². The van der Waals surface area contributed by atoms with Crippen LogP contribution in [0.1, 0.15) is 56.7 Å². The van der Waals surface area contributed by atoms with Crippen LogP contribution in [0.3, 0.4) is 0 Å². The van der Waals surface area contributed by atoms with Gasteiger partial charge >= 0.3 is 0 Å². The highest BCUT2D eigenvalue weighted by atomic mass is 32.2. The summed E-state index contributed by atoms with van der Waals surface area (Å²) >= 11 is 0.885. The Bertz CT molecular complexity index is 1170. The fourth-order valence-corrected chi connectivity index (χ4v) is 5.88. The quantitative estimate of drug-likeness (QED) is 0.553. The van der Waals surface area contributed by atoms with E-state index in [2.05, 4.69) is 50.0 Å². The number of carbonyl (C=O) groups excluding carboxylic acids is 3. The van der Waals surface area contributed by atoms with Gasteiger partial charge in [0.1, 0.15) is 6.54 Å². The van der Waals surface area contributed by atoms with E-state index in [0.717, 1.165) is 40.8 Å². The summed E-state index contributed by atoms with van der Waals surface area (Å²) in [7, 11) is 0. The minimum atomic E-state index is -0.431. The average molecular weight is 478 g/mol. The van der Waals surface area contributed by atoms with E-state index in [0.29, 0.717) is 16.5 Å². The Kier molecular flexibility index (Phi) is 6.58. The van der Waals surface area contributed by atoms with Gasteiger partial charge in [-0.3, -0.25) is 19.3 Å². The van der Waals surface area contributed by atoms with Crippen LogP contribution >= 0.6 is 11.8 Å². The number of rotatable bonds is 5. The van der Waals surface area contributed by atoms with Gasteiger partial charge in [-0.05, 0) is 98.8 Å². The van der Waals surface area contributed by atoms with Crippen molar-refractivity contribution in [1.29, 1.82) is 0 Å². The summed E-state index contributed by atoms with van der Waals surface area (Å²) in [5, 5.41) is 2.29. The van der Waals surface area contributed by atoms with Crippen LogP contribution in [-0.2, 0) is 9.59 Å². The van der Waals surface area contributed by atoms with Gasteiger partial charge in [0.25, 0.3) is 11.1 Å². The second-order valence-corrected chi connectivity index (χ2v) is 10.6. The van der Waals surface area contributed by atoms with Crippen LogP contribution in [0.5, 0.6) is 0 Å². The van der Waals surface area contributed by atoms with Crippen molar-refractivity contribution >= 4 is 46.3 Å². The third kappa shape index (κ3) is 4.62. The first-order chi connectivity index (χ1) is 16.1.